The molecule has 3 saturated carbocycles. The zero-order valence-electron chi connectivity index (χ0n) is 20.2. The van der Waals surface area contributed by atoms with Crippen molar-refractivity contribution in [1.82, 2.24) is 0 Å². The van der Waals surface area contributed by atoms with Crippen LogP contribution in [-0.4, -0.2) is 0 Å². The second-order valence-corrected chi connectivity index (χ2v) is 11.5. The van der Waals surface area contributed by atoms with Crippen molar-refractivity contribution in [3.8, 4) is 0 Å². The highest BCUT2D eigenvalue weighted by Gasteiger charge is 2.47. The molecule has 0 heteroatoms. The third-order valence-corrected chi connectivity index (χ3v) is 9.24. The van der Waals surface area contributed by atoms with Crippen molar-refractivity contribution in [3.05, 3.63) is 12.2 Å². The Bertz CT molecular complexity index is 445. The molecule has 0 amide bonds. The number of unbranched alkanes of at least 4 members (excludes halogenated alkanes) is 1. The Kier molecular flexibility index (Phi) is 10.1. The quantitative estimate of drug-likeness (QED) is 0.412. The monoisotopic (exact) mass is 400 g/mol. The zero-order chi connectivity index (χ0) is 20.5. The molecule has 0 N–H and O–H groups in total. The van der Waals surface area contributed by atoms with Crippen LogP contribution in [0.25, 0.3) is 0 Å². The first-order chi connectivity index (χ1) is 14.2. The van der Waals surface area contributed by atoms with Gasteiger partial charge in [-0.15, -0.1) is 0 Å². The van der Waals surface area contributed by atoms with E-state index in [2.05, 4.69) is 32.9 Å². The SMILES string of the molecule is CC1CCCCCCCC1.CCCCC1C(C)CC2CCCC2C1C1CC=CC1. The van der Waals surface area contributed by atoms with Gasteiger partial charge in [-0.25, -0.2) is 0 Å². The molecular weight excluding hydrogens is 348 g/mol. The molecule has 4 aliphatic rings. The van der Waals surface area contributed by atoms with Gasteiger partial charge in [0.05, 0.1) is 0 Å². The van der Waals surface area contributed by atoms with E-state index in [0.717, 1.165) is 41.4 Å². The summed E-state index contributed by atoms with van der Waals surface area (Å²) in [6, 6.07) is 0. The molecule has 0 aromatic rings. The van der Waals surface area contributed by atoms with Crippen LogP contribution < -0.4 is 0 Å². The predicted molar refractivity (Wildman–Crippen MR) is 129 cm³/mol. The van der Waals surface area contributed by atoms with E-state index in [0.29, 0.717) is 0 Å². The van der Waals surface area contributed by atoms with Gasteiger partial charge in [0.25, 0.3) is 0 Å². The summed E-state index contributed by atoms with van der Waals surface area (Å²) in [6.07, 6.45) is 30.2. The summed E-state index contributed by atoms with van der Waals surface area (Å²) >= 11 is 0. The van der Waals surface area contributed by atoms with E-state index in [1.54, 1.807) is 19.3 Å². The maximum absolute atomic E-state index is 2.57. The molecule has 0 saturated heterocycles. The molecule has 168 valence electrons. The van der Waals surface area contributed by atoms with Crippen LogP contribution in [0.4, 0.5) is 0 Å². The Labute approximate surface area is 183 Å². The van der Waals surface area contributed by atoms with Crippen LogP contribution in [0, 0.1) is 41.4 Å². The topological polar surface area (TPSA) is 0 Å². The average Bonchev–Trinajstić information content (AvgIpc) is 3.41. The van der Waals surface area contributed by atoms with Gasteiger partial charge in [0.15, 0.2) is 0 Å². The maximum atomic E-state index is 2.57. The minimum atomic E-state index is 0.997. The molecular formula is C29H52. The summed E-state index contributed by atoms with van der Waals surface area (Å²) in [5, 5.41) is 0. The fraction of sp³-hybridized carbons (Fsp3) is 0.931. The normalized spacial score (nSPS) is 36.6. The lowest BCUT2D eigenvalue weighted by Gasteiger charge is -2.47. The Morgan fingerprint density at radius 1 is 0.724 bits per heavy atom. The summed E-state index contributed by atoms with van der Waals surface area (Å²) in [5.41, 5.74) is 0. The third-order valence-electron chi connectivity index (χ3n) is 9.24. The molecule has 0 aromatic carbocycles. The third kappa shape index (κ3) is 6.87. The molecule has 29 heavy (non-hydrogen) atoms. The molecule has 0 aliphatic heterocycles. The van der Waals surface area contributed by atoms with Crippen LogP contribution in [-0.2, 0) is 0 Å². The molecule has 5 unspecified atom stereocenters. The molecule has 0 spiro atoms. The van der Waals surface area contributed by atoms with E-state index in [1.165, 1.54) is 89.9 Å². The van der Waals surface area contributed by atoms with Crippen LogP contribution in [0.3, 0.4) is 0 Å². The van der Waals surface area contributed by atoms with E-state index in [4.69, 9.17) is 0 Å². The fourth-order valence-corrected chi connectivity index (χ4v) is 7.62. The first-order valence-corrected chi connectivity index (χ1v) is 13.9. The van der Waals surface area contributed by atoms with Gasteiger partial charge in [-0.2, -0.15) is 0 Å². The molecule has 0 bridgehead atoms. The largest absolute Gasteiger partial charge is 0.0882 e. The molecule has 3 fully saturated rings. The van der Waals surface area contributed by atoms with Gasteiger partial charge in [-0.3, -0.25) is 0 Å². The molecule has 4 rings (SSSR count). The smallest absolute Gasteiger partial charge is 0.0311 e. The molecule has 0 radical (unpaired) electrons. The summed E-state index contributed by atoms with van der Waals surface area (Å²) < 4.78 is 0. The van der Waals surface area contributed by atoms with E-state index >= 15 is 0 Å². The van der Waals surface area contributed by atoms with Crippen LogP contribution in [0.1, 0.15) is 130 Å². The van der Waals surface area contributed by atoms with Gasteiger partial charge >= 0.3 is 0 Å². The van der Waals surface area contributed by atoms with Crippen LogP contribution >= 0.6 is 0 Å². The number of hydrogen-bond acceptors (Lipinski definition) is 0. The van der Waals surface area contributed by atoms with Crippen LogP contribution in [0.15, 0.2) is 12.2 Å². The Morgan fingerprint density at radius 2 is 1.38 bits per heavy atom. The lowest BCUT2D eigenvalue weighted by atomic mass is 9.58. The van der Waals surface area contributed by atoms with Gasteiger partial charge in [0, 0.05) is 0 Å². The fourth-order valence-electron chi connectivity index (χ4n) is 7.62. The second kappa shape index (κ2) is 12.6. The molecule has 0 aromatic heterocycles. The van der Waals surface area contributed by atoms with Gasteiger partial charge in [0.2, 0.25) is 0 Å². The Morgan fingerprint density at radius 3 is 2.03 bits per heavy atom. The lowest BCUT2D eigenvalue weighted by molar-refractivity contribution is 0.0177. The standard InChI is InChI=1S/C19H32.C10H20/c1-3-4-11-17-14(2)13-16-10-7-12-18(16)19(17)15-8-5-6-9-15;1-10-8-6-4-2-3-5-7-9-10/h5-6,14-19H,3-4,7-13H2,1-2H3;10H,2-9H2,1H3. The minimum Gasteiger partial charge on any atom is -0.0882 e. The second-order valence-electron chi connectivity index (χ2n) is 11.5. The summed E-state index contributed by atoms with van der Waals surface area (Å²) in [6.45, 7) is 7.34. The Hall–Kier alpha value is -0.260. The van der Waals surface area contributed by atoms with E-state index in [1.807, 2.05) is 0 Å². The van der Waals surface area contributed by atoms with E-state index < -0.39 is 0 Å². The van der Waals surface area contributed by atoms with Crippen molar-refractivity contribution in [2.75, 3.05) is 0 Å². The summed E-state index contributed by atoms with van der Waals surface area (Å²) in [5.74, 6) is 7.33. The molecule has 0 heterocycles. The maximum Gasteiger partial charge on any atom is -0.0311 e. The van der Waals surface area contributed by atoms with Gasteiger partial charge in [-0.1, -0.05) is 110 Å². The molecule has 4 aliphatic carbocycles. The van der Waals surface area contributed by atoms with Crippen molar-refractivity contribution in [2.45, 2.75) is 130 Å². The summed E-state index contributed by atoms with van der Waals surface area (Å²) in [7, 11) is 0. The molecule has 0 nitrogen and oxygen atoms in total. The van der Waals surface area contributed by atoms with Gasteiger partial charge in [-0.05, 0) is 73.5 Å². The number of hydrogen-bond donors (Lipinski definition) is 0. The Balaban J connectivity index is 0.000000204. The van der Waals surface area contributed by atoms with Gasteiger partial charge in [0.1, 0.15) is 0 Å². The average molecular weight is 401 g/mol. The highest BCUT2D eigenvalue weighted by molar-refractivity contribution is 5.03. The van der Waals surface area contributed by atoms with E-state index in [9.17, 15) is 0 Å². The van der Waals surface area contributed by atoms with Crippen LogP contribution in [0.5, 0.6) is 0 Å². The predicted octanol–water partition coefficient (Wildman–Crippen LogP) is 9.59. The van der Waals surface area contributed by atoms with Crippen LogP contribution in [0.2, 0.25) is 0 Å². The number of allylic oxidation sites excluding steroid dienone is 2. The zero-order valence-corrected chi connectivity index (χ0v) is 20.2. The van der Waals surface area contributed by atoms with Crippen molar-refractivity contribution in [3.63, 3.8) is 0 Å². The highest BCUT2D eigenvalue weighted by atomic mass is 14.5. The van der Waals surface area contributed by atoms with Gasteiger partial charge < -0.3 is 0 Å². The molecule has 5 atom stereocenters. The van der Waals surface area contributed by atoms with Crippen molar-refractivity contribution < 1.29 is 0 Å². The lowest BCUT2D eigenvalue weighted by Crippen LogP contribution is -2.40. The van der Waals surface area contributed by atoms with Crippen molar-refractivity contribution in [2.24, 2.45) is 41.4 Å². The van der Waals surface area contributed by atoms with Crippen molar-refractivity contribution >= 4 is 0 Å². The summed E-state index contributed by atoms with van der Waals surface area (Å²) in [4.78, 5) is 0. The van der Waals surface area contributed by atoms with E-state index in [-0.39, 0.29) is 0 Å². The number of fused-ring (bicyclic) bond motifs is 1. The minimum absolute atomic E-state index is 0.997. The number of rotatable bonds is 4. The van der Waals surface area contributed by atoms with Crippen molar-refractivity contribution in [1.29, 1.82) is 0 Å². The highest BCUT2D eigenvalue weighted by Crippen LogP contribution is 2.55. The first-order valence-electron chi connectivity index (χ1n) is 13.9. The first kappa shape index (κ1) is 23.4.